The van der Waals surface area contributed by atoms with Crippen molar-refractivity contribution in [2.24, 2.45) is 0 Å². The fourth-order valence-electron chi connectivity index (χ4n) is 4.43. The molecule has 0 aromatic rings. The van der Waals surface area contributed by atoms with Crippen molar-refractivity contribution < 1.29 is 0 Å². The molecule has 3 aliphatic heterocycles. The van der Waals surface area contributed by atoms with Crippen LogP contribution in [0.2, 0.25) is 0 Å². The molecule has 0 radical (unpaired) electrons. The highest BCUT2D eigenvalue weighted by Gasteiger charge is 2.34. The number of rotatable bonds is 4. The number of nitrogens with one attached hydrogen (secondary N) is 1. The number of hydrogen-bond donors (Lipinski definition) is 1. The van der Waals surface area contributed by atoms with Gasteiger partial charge in [0.25, 0.3) is 0 Å². The van der Waals surface area contributed by atoms with Crippen LogP contribution in [0.15, 0.2) is 0 Å². The molecule has 110 valence electrons. The molecule has 3 saturated heterocycles. The molecular weight excluding hydrogens is 234 g/mol. The number of likely N-dealkylation sites (N-methyl/N-ethyl adjacent to an activating group) is 1. The summed E-state index contributed by atoms with van der Waals surface area (Å²) in [5.41, 5.74) is 0. The van der Waals surface area contributed by atoms with E-state index in [9.17, 15) is 0 Å². The summed E-state index contributed by atoms with van der Waals surface area (Å²) in [5.74, 6) is 0. The monoisotopic (exact) mass is 265 g/mol. The molecule has 0 amide bonds. The second-order valence-corrected chi connectivity index (χ2v) is 6.74. The minimum atomic E-state index is 0.760. The summed E-state index contributed by atoms with van der Waals surface area (Å²) in [7, 11) is 0. The van der Waals surface area contributed by atoms with Crippen LogP contribution in [0.1, 0.15) is 51.9 Å². The van der Waals surface area contributed by atoms with Crippen molar-refractivity contribution in [3.63, 3.8) is 0 Å². The summed E-state index contributed by atoms with van der Waals surface area (Å²) in [6.07, 6.45) is 9.92. The molecule has 3 heterocycles. The van der Waals surface area contributed by atoms with E-state index in [0.717, 1.165) is 18.1 Å². The maximum atomic E-state index is 3.72. The molecule has 0 aliphatic carbocycles. The molecule has 1 N–H and O–H groups in total. The molecule has 0 saturated carbocycles. The number of piperidine rings is 2. The smallest absolute Gasteiger partial charge is 0.0195 e. The summed E-state index contributed by atoms with van der Waals surface area (Å²) in [5, 5.41) is 3.72. The lowest BCUT2D eigenvalue weighted by atomic mass is 9.95. The van der Waals surface area contributed by atoms with Gasteiger partial charge in [-0.1, -0.05) is 13.3 Å². The van der Waals surface area contributed by atoms with Gasteiger partial charge in [-0.05, 0) is 64.7 Å². The zero-order chi connectivity index (χ0) is 13.1. The molecule has 3 unspecified atom stereocenters. The highest BCUT2D eigenvalue weighted by molar-refractivity contribution is 4.91. The van der Waals surface area contributed by atoms with Gasteiger partial charge in [-0.3, -0.25) is 4.90 Å². The van der Waals surface area contributed by atoms with Gasteiger partial charge in [-0.15, -0.1) is 0 Å². The van der Waals surface area contributed by atoms with Gasteiger partial charge in [0.15, 0.2) is 0 Å². The van der Waals surface area contributed by atoms with Gasteiger partial charge in [0.2, 0.25) is 0 Å². The Kier molecular flexibility index (Phi) is 4.78. The van der Waals surface area contributed by atoms with Crippen molar-refractivity contribution in [3.8, 4) is 0 Å². The molecule has 0 aromatic carbocycles. The Morgan fingerprint density at radius 2 is 2.05 bits per heavy atom. The molecule has 3 fully saturated rings. The number of nitrogens with zero attached hydrogens (tertiary/aromatic N) is 2. The zero-order valence-electron chi connectivity index (χ0n) is 12.6. The first-order chi connectivity index (χ1) is 9.36. The van der Waals surface area contributed by atoms with Gasteiger partial charge >= 0.3 is 0 Å². The average molecular weight is 265 g/mol. The molecule has 3 atom stereocenters. The molecule has 3 heteroatoms. The zero-order valence-corrected chi connectivity index (χ0v) is 12.6. The van der Waals surface area contributed by atoms with Gasteiger partial charge in [0.05, 0.1) is 0 Å². The van der Waals surface area contributed by atoms with Gasteiger partial charge in [0.1, 0.15) is 0 Å². The third kappa shape index (κ3) is 3.32. The average Bonchev–Trinajstić information content (AvgIpc) is 2.93. The molecular formula is C16H31N3. The summed E-state index contributed by atoms with van der Waals surface area (Å²) in [6.45, 7) is 8.83. The molecule has 0 bridgehead atoms. The maximum Gasteiger partial charge on any atom is 0.0195 e. The minimum absolute atomic E-state index is 0.760. The van der Waals surface area contributed by atoms with E-state index in [-0.39, 0.29) is 0 Å². The van der Waals surface area contributed by atoms with E-state index in [2.05, 4.69) is 22.0 Å². The van der Waals surface area contributed by atoms with Crippen molar-refractivity contribution in [3.05, 3.63) is 0 Å². The van der Waals surface area contributed by atoms with Crippen LogP contribution in [-0.2, 0) is 0 Å². The fourth-order valence-corrected chi connectivity index (χ4v) is 4.43. The summed E-state index contributed by atoms with van der Waals surface area (Å²) >= 11 is 0. The van der Waals surface area contributed by atoms with Crippen LogP contribution in [-0.4, -0.2) is 60.6 Å². The van der Waals surface area contributed by atoms with Crippen molar-refractivity contribution in [1.82, 2.24) is 15.1 Å². The van der Waals surface area contributed by atoms with E-state index >= 15 is 0 Å². The van der Waals surface area contributed by atoms with E-state index < -0.39 is 0 Å². The Labute approximate surface area is 118 Å². The Hall–Kier alpha value is -0.120. The van der Waals surface area contributed by atoms with Crippen LogP contribution in [0.4, 0.5) is 0 Å². The van der Waals surface area contributed by atoms with E-state index in [1.165, 1.54) is 77.7 Å². The second kappa shape index (κ2) is 6.55. The van der Waals surface area contributed by atoms with Crippen LogP contribution in [0.3, 0.4) is 0 Å². The third-order valence-corrected chi connectivity index (χ3v) is 5.58. The highest BCUT2D eigenvalue weighted by Crippen LogP contribution is 2.29. The van der Waals surface area contributed by atoms with Crippen LogP contribution in [0, 0.1) is 0 Å². The Morgan fingerprint density at radius 3 is 2.84 bits per heavy atom. The molecule has 0 aromatic heterocycles. The summed E-state index contributed by atoms with van der Waals surface area (Å²) in [4.78, 5) is 5.52. The Morgan fingerprint density at radius 1 is 1.11 bits per heavy atom. The van der Waals surface area contributed by atoms with Gasteiger partial charge < -0.3 is 10.2 Å². The highest BCUT2D eigenvalue weighted by atomic mass is 15.2. The standard InChI is InChI=1S/C16H31N3/c1-2-18(13-14-6-3-4-9-17-14)16-8-11-19-10-5-7-15(19)12-16/h14-17H,2-13H2,1H3. The van der Waals surface area contributed by atoms with Crippen molar-refractivity contribution in [1.29, 1.82) is 0 Å². The van der Waals surface area contributed by atoms with E-state index in [4.69, 9.17) is 0 Å². The number of fused-ring (bicyclic) bond motifs is 1. The van der Waals surface area contributed by atoms with Crippen molar-refractivity contribution >= 4 is 0 Å². The number of hydrogen-bond acceptors (Lipinski definition) is 3. The van der Waals surface area contributed by atoms with Crippen LogP contribution in [0.25, 0.3) is 0 Å². The maximum absolute atomic E-state index is 3.72. The first-order valence-corrected chi connectivity index (χ1v) is 8.58. The molecule has 19 heavy (non-hydrogen) atoms. The SMILES string of the molecule is CCN(CC1CCCCN1)C1CCN2CCCC2C1. The minimum Gasteiger partial charge on any atom is -0.313 e. The van der Waals surface area contributed by atoms with Crippen LogP contribution in [0.5, 0.6) is 0 Å². The molecule has 3 aliphatic rings. The van der Waals surface area contributed by atoms with Crippen molar-refractivity contribution in [2.75, 3.05) is 32.7 Å². The van der Waals surface area contributed by atoms with Crippen LogP contribution < -0.4 is 5.32 Å². The summed E-state index contributed by atoms with van der Waals surface area (Å²) in [6, 6.07) is 2.52. The Balaban J connectivity index is 1.52. The first-order valence-electron chi connectivity index (χ1n) is 8.58. The lowest BCUT2D eigenvalue weighted by Gasteiger charge is -2.42. The lowest BCUT2D eigenvalue weighted by Crippen LogP contribution is -2.51. The topological polar surface area (TPSA) is 18.5 Å². The van der Waals surface area contributed by atoms with Gasteiger partial charge in [-0.25, -0.2) is 0 Å². The lowest BCUT2D eigenvalue weighted by molar-refractivity contribution is 0.0814. The fraction of sp³-hybridized carbons (Fsp3) is 1.00. The molecule has 3 rings (SSSR count). The quantitative estimate of drug-likeness (QED) is 0.839. The molecule has 3 nitrogen and oxygen atoms in total. The normalized spacial score (nSPS) is 36.6. The van der Waals surface area contributed by atoms with Crippen LogP contribution >= 0.6 is 0 Å². The van der Waals surface area contributed by atoms with E-state index in [1.54, 1.807) is 0 Å². The first kappa shape index (κ1) is 13.8. The largest absolute Gasteiger partial charge is 0.313 e. The Bertz CT molecular complexity index is 275. The summed E-state index contributed by atoms with van der Waals surface area (Å²) < 4.78 is 0. The van der Waals surface area contributed by atoms with E-state index in [1.807, 2.05) is 0 Å². The molecule has 0 spiro atoms. The van der Waals surface area contributed by atoms with Gasteiger partial charge in [-0.2, -0.15) is 0 Å². The third-order valence-electron chi connectivity index (χ3n) is 5.58. The second-order valence-electron chi connectivity index (χ2n) is 6.74. The predicted molar refractivity (Wildman–Crippen MR) is 80.5 cm³/mol. The van der Waals surface area contributed by atoms with E-state index in [0.29, 0.717) is 0 Å². The van der Waals surface area contributed by atoms with Crippen molar-refractivity contribution in [2.45, 2.75) is 70.0 Å². The predicted octanol–water partition coefficient (Wildman–Crippen LogP) is 2.08. The van der Waals surface area contributed by atoms with Gasteiger partial charge in [0, 0.05) is 24.7 Å².